The fraction of sp³-hybridized carbons (Fsp3) is 0.333. The van der Waals surface area contributed by atoms with Crippen molar-refractivity contribution in [3.05, 3.63) is 28.5 Å². The van der Waals surface area contributed by atoms with Crippen molar-refractivity contribution in [1.82, 2.24) is 0 Å². The van der Waals surface area contributed by atoms with E-state index < -0.39 is 0 Å². The van der Waals surface area contributed by atoms with Crippen molar-refractivity contribution in [1.29, 1.82) is 0 Å². The molecule has 0 aromatic heterocycles. The van der Waals surface area contributed by atoms with Crippen molar-refractivity contribution in [2.75, 3.05) is 11.4 Å². The molecule has 0 spiro atoms. The highest BCUT2D eigenvalue weighted by atomic mass is 79.9. The molecule has 0 aliphatic carbocycles. The fourth-order valence-electron chi connectivity index (χ4n) is 1.92. The maximum Gasteiger partial charge on any atom is 0.228 e. The quantitative estimate of drug-likeness (QED) is 0.836. The molecule has 1 aliphatic rings. The number of nitrogens with zero attached hydrogens (tertiary/aromatic N) is 1. The molecular weight excluding hydrogens is 321 g/mol. The van der Waals surface area contributed by atoms with Crippen molar-refractivity contribution in [2.45, 2.75) is 18.6 Å². The molecule has 96 valence electrons. The molecule has 1 aliphatic heterocycles. The second-order valence-corrected chi connectivity index (χ2v) is 6.37. The monoisotopic (exact) mass is 331 g/mol. The van der Waals surface area contributed by atoms with Crippen LogP contribution in [0.25, 0.3) is 0 Å². The second-order valence-electron chi connectivity index (χ2n) is 4.04. The lowest BCUT2D eigenvalue weighted by Crippen LogP contribution is -2.25. The zero-order valence-electron chi connectivity index (χ0n) is 9.65. The van der Waals surface area contributed by atoms with Crippen LogP contribution in [0, 0.1) is 5.82 Å². The van der Waals surface area contributed by atoms with Gasteiger partial charge in [-0.15, -0.1) is 0 Å². The van der Waals surface area contributed by atoms with Gasteiger partial charge in [-0.25, -0.2) is 4.39 Å². The molecular formula is C12H11BrFNO2S. The maximum absolute atomic E-state index is 13.0. The van der Waals surface area contributed by atoms with E-state index in [1.807, 2.05) is 0 Å². The van der Waals surface area contributed by atoms with Gasteiger partial charge in [0.2, 0.25) is 5.91 Å². The average molecular weight is 332 g/mol. The molecule has 1 fully saturated rings. The fourth-order valence-corrected chi connectivity index (χ4v) is 3.41. The molecule has 1 atom stereocenters. The number of hydrogen-bond donors (Lipinski definition) is 0. The van der Waals surface area contributed by atoms with Crippen molar-refractivity contribution in [3.8, 4) is 0 Å². The predicted molar refractivity (Wildman–Crippen MR) is 73.1 cm³/mol. The Morgan fingerprint density at radius 3 is 2.89 bits per heavy atom. The third kappa shape index (κ3) is 2.92. The van der Waals surface area contributed by atoms with Crippen LogP contribution < -0.4 is 4.90 Å². The van der Waals surface area contributed by atoms with Crippen LogP contribution in [0.5, 0.6) is 0 Å². The van der Waals surface area contributed by atoms with Crippen LogP contribution in [-0.4, -0.2) is 22.8 Å². The number of halogens is 2. The second kappa shape index (κ2) is 5.40. The van der Waals surface area contributed by atoms with Gasteiger partial charge in [0, 0.05) is 29.6 Å². The van der Waals surface area contributed by atoms with Gasteiger partial charge in [0.05, 0.1) is 5.69 Å². The third-order valence-corrected chi connectivity index (χ3v) is 4.24. The van der Waals surface area contributed by atoms with E-state index in [0.717, 1.165) is 0 Å². The molecule has 0 bridgehead atoms. The summed E-state index contributed by atoms with van der Waals surface area (Å²) in [5.74, 6) is -0.395. The van der Waals surface area contributed by atoms with E-state index in [1.54, 1.807) is 11.0 Å². The summed E-state index contributed by atoms with van der Waals surface area (Å²) in [5.41, 5.74) is 0.646. The number of thioether (sulfide) groups is 1. The van der Waals surface area contributed by atoms with Crippen LogP contribution in [0.2, 0.25) is 0 Å². The predicted octanol–water partition coefficient (Wildman–Crippen LogP) is 2.97. The van der Waals surface area contributed by atoms with Crippen LogP contribution in [0.3, 0.4) is 0 Å². The van der Waals surface area contributed by atoms with E-state index in [-0.39, 0.29) is 22.1 Å². The summed E-state index contributed by atoms with van der Waals surface area (Å²) in [6.07, 6.45) is 0.341. The van der Waals surface area contributed by atoms with E-state index in [4.69, 9.17) is 0 Å². The Morgan fingerprint density at radius 1 is 1.56 bits per heavy atom. The minimum Gasteiger partial charge on any atom is -0.310 e. The molecule has 1 aromatic rings. The number of benzene rings is 1. The highest BCUT2D eigenvalue weighted by Crippen LogP contribution is 2.33. The van der Waals surface area contributed by atoms with Gasteiger partial charge in [0.15, 0.2) is 5.12 Å². The van der Waals surface area contributed by atoms with Gasteiger partial charge in [-0.2, -0.15) is 0 Å². The van der Waals surface area contributed by atoms with Crippen molar-refractivity contribution >= 4 is 44.4 Å². The highest BCUT2D eigenvalue weighted by molar-refractivity contribution is 9.10. The van der Waals surface area contributed by atoms with Crippen molar-refractivity contribution in [3.63, 3.8) is 0 Å². The Morgan fingerprint density at radius 2 is 2.28 bits per heavy atom. The molecule has 6 heteroatoms. The summed E-state index contributed by atoms with van der Waals surface area (Å²) in [7, 11) is 0. The Kier molecular flexibility index (Phi) is 4.07. The van der Waals surface area contributed by atoms with Crippen LogP contribution in [0.15, 0.2) is 22.7 Å². The number of carbonyl (C=O) groups is 2. The van der Waals surface area contributed by atoms with E-state index in [2.05, 4.69) is 15.9 Å². The summed E-state index contributed by atoms with van der Waals surface area (Å²) in [5, 5.41) is -0.0141. The Balaban J connectivity index is 2.19. The van der Waals surface area contributed by atoms with Crippen molar-refractivity contribution < 1.29 is 14.0 Å². The molecule has 2 rings (SSSR count). The van der Waals surface area contributed by atoms with Crippen LogP contribution >= 0.6 is 27.7 Å². The molecule has 3 nitrogen and oxygen atoms in total. The number of amides is 1. The number of hydrogen-bond acceptors (Lipinski definition) is 3. The smallest absolute Gasteiger partial charge is 0.228 e. The normalized spacial score (nSPS) is 19.4. The van der Waals surface area contributed by atoms with Gasteiger partial charge >= 0.3 is 0 Å². The summed E-state index contributed by atoms with van der Waals surface area (Å²) < 4.78 is 13.5. The SMILES string of the molecule is CC(=O)SC1CC(=O)N(c2ccc(F)cc2Br)C1. The summed E-state index contributed by atoms with van der Waals surface area (Å²) in [4.78, 5) is 24.5. The molecule has 1 aromatic carbocycles. The molecule has 0 saturated carbocycles. The standard InChI is InChI=1S/C12H11BrFNO2S/c1-7(16)18-9-5-12(17)15(6-9)11-3-2-8(14)4-10(11)13/h2-4,9H,5-6H2,1H3. The average Bonchev–Trinajstić information content (AvgIpc) is 2.58. The Bertz CT molecular complexity index is 509. The molecule has 18 heavy (non-hydrogen) atoms. The zero-order valence-corrected chi connectivity index (χ0v) is 12.1. The van der Waals surface area contributed by atoms with Crippen LogP contribution in [-0.2, 0) is 9.59 Å². The highest BCUT2D eigenvalue weighted by Gasteiger charge is 2.32. The van der Waals surface area contributed by atoms with E-state index in [9.17, 15) is 14.0 Å². The molecule has 0 radical (unpaired) electrons. The first-order valence-corrected chi connectivity index (χ1v) is 7.07. The lowest BCUT2D eigenvalue weighted by atomic mass is 10.3. The largest absolute Gasteiger partial charge is 0.310 e. The third-order valence-electron chi connectivity index (χ3n) is 2.62. The Labute approximate surface area is 117 Å². The lowest BCUT2D eigenvalue weighted by molar-refractivity contribution is -0.117. The molecule has 1 unspecified atom stereocenters. The molecule has 1 heterocycles. The zero-order chi connectivity index (χ0) is 13.3. The van der Waals surface area contributed by atoms with Gasteiger partial charge in [-0.05, 0) is 34.1 Å². The molecule has 0 N–H and O–H groups in total. The summed E-state index contributed by atoms with van der Waals surface area (Å²) in [6.45, 7) is 1.97. The van der Waals surface area contributed by atoms with Gasteiger partial charge in [0.25, 0.3) is 0 Å². The van der Waals surface area contributed by atoms with Gasteiger partial charge in [-0.1, -0.05) is 11.8 Å². The van der Waals surface area contributed by atoms with Gasteiger partial charge in [0.1, 0.15) is 5.82 Å². The van der Waals surface area contributed by atoms with E-state index in [0.29, 0.717) is 23.1 Å². The number of rotatable bonds is 2. The van der Waals surface area contributed by atoms with Crippen LogP contribution in [0.1, 0.15) is 13.3 Å². The maximum atomic E-state index is 13.0. The first-order valence-electron chi connectivity index (χ1n) is 5.40. The first kappa shape index (κ1) is 13.5. The Hall–Kier alpha value is -0.880. The van der Waals surface area contributed by atoms with Gasteiger partial charge < -0.3 is 4.90 Å². The van der Waals surface area contributed by atoms with E-state index >= 15 is 0 Å². The summed E-state index contributed by atoms with van der Waals surface area (Å²) in [6, 6.07) is 4.21. The molecule has 1 amide bonds. The number of carbonyl (C=O) groups excluding carboxylic acids is 2. The summed E-state index contributed by atoms with van der Waals surface area (Å²) >= 11 is 4.43. The first-order chi connectivity index (χ1) is 8.47. The van der Waals surface area contributed by atoms with Crippen molar-refractivity contribution in [2.24, 2.45) is 0 Å². The molecule has 1 saturated heterocycles. The number of anilines is 1. The minimum atomic E-state index is -0.355. The lowest BCUT2D eigenvalue weighted by Gasteiger charge is -2.18. The van der Waals surface area contributed by atoms with Gasteiger partial charge in [-0.3, -0.25) is 9.59 Å². The minimum absolute atomic E-state index is 0.00724. The van der Waals surface area contributed by atoms with Crippen LogP contribution in [0.4, 0.5) is 10.1 Å². The topological polar surface area (TPSA) is 37.4 Å². The van der Waals surface area contributed by atoms with E-state index in [1.165, 1.54) is 30.8 Å².